The molecule has 1 aromatic heterocycles. The average Bonchev–Trinajstić information content (AvgIpc) is 3.30. The molecule has 1 amide bonds. The lowest BCUT2D eigenvalue weighted by atomic mass is 9.94. The number of ether oxygens (including phenoxy) is 2. The summed E-state index contributed by atoms with van der Waals surface area (Å²) >= 11 is 3.42. The molecule has 0 aliphatic carbocycles. The molecule has 10 heteroatoms. The van der Waals surface area contributed by atoms with E-state index >= 15 is 0 Å². The number of aromatic nitrogens is 1. The molecule has 186 valence electrons. The number of esters is 1. The fourth-order valence-corrected chi connectivity index (χ4v) is 4.99. The van der Waals surface area contributed by atoms with Gasteiger partial charge >= 0.3 is 5.97 Å². The molecule has 2 aromatic rings. The molecule has 2 N–H and O–H groups in total. The monoisotopic (exact) mass is 545 g/mol. The molecule has 2 aliphatic heterocycles. The molecular weight excluding hydrogens is 518 g/mol. The number of ketones is 1. The molecular formula is C25H28BrN3O6. The van der Waals surface area contributed by atoms with Gasteiger partial charge in [-0.3, -0.25) is 14.5 Å². The topological polar surface area (TPSA) is 112 Å². The SMILES string of the molecule is COC(=O)c1[nH]c(C)c(/C(O)=C2\C(=O)C(=O)N(CCN3CCOCC3)[C@@H]2c2ccc(Br)cc2)c1C. The van der Waals surface area contributed by atoms with Crippen LogP contribution in [0.3, 0.4) is 0 Å². The first-order valence-corrected chi connectivity index (χ1v) is 12.2. The van der Waals surface area contributed by atoms with E-state index in [1.54, 1.807) is 13.8 Å². The first-order valence-electron chi connectivity index (χ1n) is 11.4. The van der Waals surface area contributed by atoms with Crippen molar-refractivity contribution in [3.8, 4) is 0 Å². The summed E-state index contributed by atoms with van der Waals surface area (Å²) in [5, 5.41) is 11.4. The second-order valence-corrected chi connectivity index (χ2v) is 9.53. The van der Waals surface area contributed by atoms with Crippen molar-refractivity contribution in [2.75, 3.05) is 46.5 Å². The summed E-state index contributed by atoms with van der Waals surface area (Å²) in [5.41, 5.74) is 2.15. The van der Waals surface area contributed by atoms with E-state index in [2.05, 4.69) is 25.8 Å². The maximum Gasteiger partial charge on any atom is 0.354 e. The van der Waals surface area contributed by atoms with Crippen molar-refractivity contribution >= 4 is 39.3 Å². The highest BCUT2D eigenvalue weighted by Crippen LogP contribution is 2.41. The van der Waals surface area contributed by atoms with E-state index in [0.29, 0.717) is 48.7 Å². The van der Waals surface area contributed by atoms with Crippen LogP contribution in [0.1, 0.15) is 38.9 Å². The van der Waals surface area contributed by atoms with Crippen LogP contribution >= 0.6 is 15.9 Å². The van der Waals surface area contributed by atoms with Gasteiger partial charge in [0.05, 0.1) is 31.9 Å². The fourth-order valence-electron chi connectivity index (χ4n) is 4.72. The quantitative estimate of drug-likeness (QED) is 0.248. The Hall–Kier alpha value is -2.95. The summed E-state index contributed by atoms with van der Waals surface area (Å²) < 4.78 is 11.1. The van der Waals surface area contributed by atoms with E-state index < -0.39 is 23.7 Å². The summed E-state index contributed by atoms with van der Waals surface area (Å²) in [6.07, 6.45) is 0. The number of hydrogen-bond acceptors (Lipinski definition) is 7. The fraction of sp³-hybridized carbons (Fsp3) is 0.400. The highest BCUT2D eigenvalue weighted by molar-refractivity contribution is 9.10. The zero-order valence-corrected chi connectivity index (χ0v) is 21.5. The van der Waals surface area contributed by atoms with Gasteiger partial charge in [-0.25, -0.2) is 4.79 Å². The van der Waals surface area contributed by atoms with E-state index in [-0.39, 0.29) is 17.0 Å². The number of methoxy groups -OCH3 is 1. The lowest BCUT2D eigenvalue weighted by Gasteiger charge is -2.31. The number of aliphatic hydroxyl groups excluding tert-OH is 1. The number of carbonyl (C=O) groups excluding carboxylic acids is 3. The number of benzene rings is 1. The van der Waals surface area contributed by atoms with Gasteiger partial charge in [0.1, 0.15) is 11.5 Å². The summed E-state index contributed by atoms with van der Waals surface area (Å²) in [6.45, 7) is 7.02. The molecule has 0 unspecified atom stereocenters. The number of hydrogen-bond donors (Lipinski definition) is 2. The summed E-state index contributed by atoms with van der Waals surface area (Å²) in [5.74, 6) is -2.31. The van der Waals surface area contributed by atoms with Gasteiger partial charge in [-0.05, 0) is 37.1 Å². The number of nitrogens with zero attached hydrogens (tertiary/aromatic N) is 2. The zero-order valence-electron chi connectivity index (χ0n) is 19.9. The maximum atomic E-state index is 13.3. The van der Waals surface area contributed by atoms with Crippen LogP contribution in [-0.4, -0.2) is 84.1 Å². The number of H-pyrrole nitrogens is 1. The number of aryl methyl sites for hydroxylation is 1. The lowest BCUT2D eigenvalue weighted by Crippen LogP contribution is -2.42. The van der Waals surface area contributed by atoms with Crippen molar-refractivity contribution in [2.24, 2.45) is 0 Å². The van der Waals surface area contributed by atoms with E-state index in [1.165, 1.54) is 12.0 Å². The molecule has 1 aromatic carbocycles. The molecule has 0 bridgehead atoms. The van der Waals surface area contributed by atoms with Gasteiger partial charge < -0.3 is 24.5 Å². The van der Waals surface area contributed by atoms with Crippen molar-refractivity contribution in [1.29, 1.82) is 0 Å². The predicted molar refractivity (Wildman–Crippen MR) is 132 cm³/mol. The van der Waals surface area contributed by atoms with Crippen LogP contribution in [0.4, 0.5) is 0 Å². The van der Waals surface area contributed by atoms with Crippen LogP contribution in [-0.2, 0) is 19.1 Å². The molecule has 9 nitrogen and oxygen atoms in total. The van der Waals surface area contributed by atoms with Gasteiger partial charge in [0.25, 0.3) is 11.7 Å². The van der Waals surface area contributed by atoms with Gasteiger partial charge in [-0.15, -0.1) is 0 Å². The number of halogens is 1. The van der Waals surface area contributed by atoms with Gasteiger partial charge in [0.2, 0.25) is 0 Å². The van der Waals surface area contributed by atoms with Crippen molar-refractivity contribution in [3.63, 3.8) is 0 Å². The molecule has 4 rings (SSSR count). The predicted octanol–water partition coefficient (Wildman–Crippen LogP) is 2.93. The Kier molecular flexibility index (Phi) is 7.44. The van der Waals surface area contributed by atoms with Gasteiger partial charge in [0, 0.05) is 41.9 Å². The highest BCUT2D eigenvalue weighted by atomic mass is 79.9. The molecule has 2 aliphatic rings. The molecule has 3 heterocycles. The first-order chi connectivity index (χ1) is 16.7. The zero-order chi connectivity index (χ0) is 25.3. The number of Topliss-reactive ketones (excluding diaryl/α,β-unsaturated/α-hetero) is 1. The van der Waals surface area contributed by atoms with Crippen molar-refractivity contribution in [2.45, 2.75) is 19.9 Å². The molecule has 2 saturated heterocycles. The van der Waals surface area contributed by atoms with Gasteiger partial charge in [-0.2, -0.15) is 0 Å². The van der Waals surface area contributed by atoms with Crippen LogP contribution < -0.4 is 0 Å². The normalized spacial score (nSPS) is 20.5. The van der Waals surface area contributed by atoms with Gasteiger partial charge in [-0.1, -0.05) is 28.1 Å². The highest BCUT2D eigenvalue weighted by Gasteiger charge is 2.46. The second kappa shape index (κ2) is 10.3. The van der Waals surface area contributed by atoms with Crippen LogP contribution in [0.15, 0.2) is 34.3 Å². The van der Waals surface area contributed by atoms with E-state index in [0.717, 1.165) is 17.6 Å². The van der Waals surface area contributed by atoms with Crippen molar-refractivity contribution in [3.05, 3.63) is 62.4 Å². The Bertz CT molecular complexity index is 1180. The Morgan fingerprint density at radius 3 is 2.46 bits per heavy atom. The maximum absolute atomic E-state index is 13.3. The number of carbonyl (C=O) groups is 3. The van der Waals surface area contributed by atoms with Crippen molar-refractivity contribution in [1.82, 2.24) is 14.8 Å². The Balaban J connectivity index is 1.79. The molecule has 35 heavy (non-hydrogen) atoms. The molecule has 0 radical (unpaired) electrons. The third-order valence-electron chi connectivity index (χ3n) is 6.55. The van der Waals surface area contributed by atoms with E-state index in [1.807, 2.05) is 24.3 Å². The number of nitrogens with one attached hydrogen (secondary N) is 1. The average molecular weight is 546 g/mol. The number of morpholine rings is 1. The molecule has 0 spiro atoms. The van der Waals surface area contributed by atoms with E-state index in [9.17, 15) is 19.5 Å². The number of aromatic amines is 1. The lowest BCUT2D eigenvalue weighted by molar-refractivity contribution is -0.140. The van der Waals surface area contributed by atoms with E-state index in [4.69, 9.17) is 9.47 Å². The minimum atomic E-state index is -0.764. The second-order valence-electron chi connectivity index (χ2n) is 8.61. The molecule has 2 fully saturated rings. The summed E-state index contributed by atoms with van der Waals surface area (Å²) in [6, 6.07) is 6.55. The minimum absolute atomic E-state index is 0.000848. The Labute approximate surface area is 211 Å². The third-order valence-corrected chi connectivity index (χ3v) is 7.08. The number of rotatable bonds is 6. The smallest absolute Gasteiger partial charge is 0.354 e. The molecule has 0 saturated carbocycles. The standard InChI is InChI=1S/C25H28BrN3O6/c1-14-18(15(2)27-20(14)25(33)34-3)22(30)19-21(16-4-6-17(26)7-5-16)29(24(32)23(19)31)9-8-28-10-12-35-13-11-28/h4-7,21,27,30H,8-13H2,1-3H3/b22-19+/t21-/m1/s1. The number of likely N-dealkylation sites (tertiary alicyclic amines) is 1. The third kappa shape index (κ3) is 4.78. The largest absolute Gasteiger partial charge is 0.507 e. The summed E-state index contributed by atoms with van der Waals surface area (Å²) in [4.78, 5) is 45.3. The van der Waals surface area contributed by atoms with Crippen LogP contribution in [0.5, 0.6) is 0 Å². The number of amides is 1. The Morgan fingerprint density at radius 2 is 1.83 bits per heavy atom. The minimum Gasteiger partial charge on any atom is -0.507 e. The van der Waals surface area contributed by atoms with Gasteiger partial charge in [0.15, 0.2) is 0 Å². The van der Waals surface area contributed by atoms with Crippen LogP contribution in [0.25, 0.3) is 5.76 Å². The summed E-state index contributed by atoms with van der Waals surface area (Å²) in [7, 11) is 1.27. The van der Waals surface area contributed by atoms with Crippen LogP contribution in [0, 0.1) is 13.8 Å². The van der Waals surface area contributed by atoms with Crippen LogP contribution in [0.2, 0.25) is 0 Å². The Morgan fingerprint density at radius 1 is 1.17 bits per heavy atom. The first kappa shape index (κ1) is 25.2. The number of aliphatic hydroxyl groups is 1. The molecule has 1 atom stereocenters. The van der Waals surface area contributed by atoms with Crippen molar-refractivity contribution < 1.29 is 29.0 Å².